The summed E-state index contributed by atoms with van der Waals surface area (Å²) in [6, 6.07) is 24.1. The number of piperidine rings is 1. The van der Waals surface area contributed by atoms with Crippen molar-refractivity contribution >= 4 is 23.1 Å². The number of carboxylic acids is 1. The van der Waals surface area contributed by atoms with Crippen molar-refractivity contribution in [2.24, 2.45) is 0 Å². The number of carbonyl (C=O) groups is 2. The summed E-state index contributed by atoms with van der Waals surface area (Å²) in [4.78, 5) is 27.2. The van der Waals surface area contributed by atoms with Crippen molar-refractivity contribution in [3.63, 3.8) is 0 Å². The molecule has 1 saturated carbocycles. The Kier molecular flexibility index (Phi) is 6.64. The highest BCUT2D eigenvalue weighted by molar-refractivity contribution is 6.27. The number of rotatable bonds is 7. The number of aromatic carboxylic acids is 1. The number of carbonyl (C=O) groups excluding carboxylic acids is 1. The summed E-state index contributed by atoms with van der Waals surface area (Å²) in [5.41, 5.74) is 3.90. The Bertz CT molecular complexity index is 1240. The van der Waals surface area contributed by atoms with E-state index in [0.717, 1.165) is 55.6 Å². The van der Waals surface area contributed by atoms with Crippen molar-refractivity contribution in [2.75, 3.05) is 18.0 Å². The van der Waals surface area contributed by atoms with Gasteiger partial charge in [0.15, 0.2) is 0 Å². The van der Waals surface area contributed by atoms with E-state index in [-0.39, 0.29) is 17.5 Å². The van der Waals surface area contributed by atoms with Crippen LogP contribution in [0.3, 0.4) is 0 Å². The zero-order valence-corrected chi connectivity index (χ0v) is 19.4. The molecule has 1 aliphatic heterocycles. The fraction of sp³-hybridized carbons (Fsp3) is 0.241. The molecular weight excluding hydrogens is 440 g/mol. The van der Waals surface area contributed by atoms with Crippen LogP contribution in [0.5, 0.6) is 11.5 Å². The van der Waals surface area contributed by atoms with E-state index in [9.17, 15) is 9.59 Å². The quantitative estimate of drug-likeness (QED) is 0.447. The Morgan fingerprint density at radius 2 is 1.54 bits per heavy atom. The first-order valence-electron chi connectivity index (χ1n) is 12.0. The van der Waals surface area contributed by atoms with Crippen LogP contribution >= 0.6 is 0 Å². The zero-order valence-electron chi connectivity index (χ0n) is 19.4. The SMILES string of the molecule is O=C(O)c1ccc(Oc2cccc(C(C(=O)N(c3ccccc3)C3CC3)=C3CCNCC3)c2)cc1. The molecule has 1 aliphatic carbocycles. The highest BCUT2D eigenvalue weighted by Crippen LogP contribution is 2.37. The molecule has 2 fully saturated rings. The first-order chi connectivity index (χ1) is 17.1. The average Bonchev–Trinajstić information content (AvgIpc) is 3.71. The van der Waals surface area contributed by atoms with Gasteiger partial charge in [-0.15, -0.1) is 0 Å². The van der Waals surface area contributed by atoms with Crippen LogP contribution in [0, 0.1) is 0 Å². The predicted molar refractivity (Wildman–Crippen MR) is 136 cm³/mol. The Balaban J connectivity index is 1.49. The summed E-state index contributed by atoms with van der Waals surface area (Å²) in [6.45, 7) is 1.71. The van der Waals surface area contributed by atoms with E-state index in [2.05, 4.69) is 5.32 Å². The second-order valence-electron chi connectivity index (χ2n) is 8.93. The van der Waals surface area contributed by atoms with Crippen molar-refractivity contribution in [1.29, 1.82) is 0 Å². The van der Waals surface area contributed by atoms with Crippen LogP contribution in [-0.4, -0.2) is 36.1 Å². The molecule has 0 aromatic heterocycles. The van der Waals surface area contributed by atoms with Gasteiger partial charge in [0.25, 0.3) is 5.91 Å². The largest absolute Gasteiger partial charge is 0.478 e. The van der Waals surface area contributed by atoms with Crippen LogP contribution in [-0.2, 0) is 4.79 Å². The van der Waals surface area contributed by atoms with Crippen molar-refractivity contribution in [3.8, 4) is 11.5 Å². The van der Waals surface area contributed by atoms with Crippen molar-refractivity contribution in [2.45, 2.75) is 31.7 Å². The monoisotopic (exact) mass is 468 g/mol. The normalized spacial score (nSPS) is 15.4. The predicted octanol–water partition coefficient (Wildman–Crippen LogP) is 5.51. The first-order valence-corrected chi connectivity index (χ1v) is 12.0. The van der Waals surface area contributed by atoms with Crippen LogP contribution in [0.1, 0.15) is 41.6 Å². The van der Waals surface area contributed by atoms with E-state index >= 15 is 0 Å². The van der Waals surface area contributed by atoms with E-state index in [0.29, 0.717) is 11.5 Å². The van der Waals surface area contributed by atoms with Gasteiger partial charge in [0.1, 0.15) is 11.5 Å². The van der Waals surface area contributed by atoms with Gasteiger partial charge < -0.3 is 20.1 Å². The fourth-order valence-electron chi connectivity index (χ4n) is 4.51. The molecule has 2 N–H and O–H groups in total. The van der Waals surface area contributed by atoms with Gasteiger partial charge in [-0.25, -0.2) is 4.79 Å². The number of nitrogens with zero attached hydrogens (tertiary/aromatic N) is 1. The van der Waals surface area contributed by atoms with Gasteiger partial charge in [-0.1, -0.05) is 35.9 Å². The van der Waals surface area contributed by atoms with Gasteiger partial charge in [0.05, 0.1) is 5.56 Å². The number of ether oxygens (including phenoxy) is 1. The van der Waals surface area contributed by atoms with Crippen molar-refractivity contribution in [1.82, 2.24) is 5.32 Å². The summed E-state index contributed by atoms with van der Waals surface area (Å²) in [5, 5.41) is 12.5. The fourth-order valence-corrected chi connectivity index (χ4v) is 4.51. The summed E-state index contributed by atoms with van der Waals surface area (Å²) in [6.07, 6.45) is 3.69. The minimum absolute atomic E-state index is 0.0403. The van der Waals surface area contributed by atoms with Gasteiger partial charge in [-0.2, -0.15) is 0 Å². The highest BCUT2D eigenvalue weighted by atomic mass is 16.5. The number of anilines is 1. The van der Waals surface area contributed by atoms with Crippen LogP contribution in [0.2, 0.25) is 0 Å². The van der Waals surface area contributed by atoms with Crippen LogP contribution < -0.4 is 15.0 Å². The number of para-hydroxylation sites is 1. The lowest BCUT2D eigenvalue weighted by Gasteiger charge is -2.27. The summed E-state index contributed by atoms with van der Waals surface area (Å²) < 4.78 is 6.02. The highest BCUT2D eigenvalue weighted by Gasteiger charge is 2.36. The molecule has 6 nitrogen and oxygen atoms in total. The lowest BCUT2D eigenvalue weighted by Crippen LogP contribution is -2.35. The molecule has 2 aliphatic rings. The summed E-state index contributed by atoms with van der Waals surface area (Å²) >= 11 is 0. The molecule has 6 heteroatoms. The third-order valence-corrected chi connectivity index (χ3v) is 6.40. The Morgan fingerprint density at radius 1 is 0.829 bits per heavy atom. The molecule has 0 atom stereocenters. The average molecular weight is 469 g/mol. The molecule has 3 aromatic rings. The molecular formula is C29H28N2O4. The lowest BCUT2D eigenvalue weighted by molar-refractivity contribution is -0.113. The van der Waals surface area contributed by atoms with Crippen LogP contribution in [0.15, 0.2) is 84.4 Å². The molecule has 178 valence electrons. The van der Waals surface area contributed by atoms with E-state index in [1.165, 1.54) is 17.7 Å². The Labute approximate surface area is 204 Å². The van der Waals surface area contributed by atoms with Crippen molar-refractivity contribution in [3.05, 3.63) is 95.6 Å². The molecule has 0 bridgehead atoms. The second-order valence-corrected chi connectivity index (χ2v) is 8.93. The van der Waals surface area contributed by atoms with Gasteiger partial charge >= 0.3 is 5.97 Å². The number of amides is 1. The lowest BCUT2D eigenvalue weighted by atomic mass is 9.92. The van der Waals surface area contributed by atoms with Gasteiger partial charge in [0, 0.05) is 17.3 Å². The Hall–Kier alpha value is -3.90. The number of carboxylic acid groups (broad SMARTS) is 1. The molecule has 1 heterocycles. The van der Waals surface area contributed by atoms with Crippen molar-refractivity contribution < 1.29 is 19.4 Å². The molecule has 1 amide bonds. The topological polar surface area (TPSA) is 78.9 Å². The van der Waals surface area contributed by atoms with E-state index in [4.69, 9.17) is 9.84 Å². The molecule has 3 aromatic carbocycles. The number of nitrogens with one attached hydrogen (secondary N) is 1. The molecule has 0 radical (unpaired) electrons. The Morgan fingerprint density at radius 3 is 2.20 bits per heavy atom. The smallest absolute Gasteiger partial charge is 0.335 e. The minimum Gasteiger partial charge on any atom is -0.478 e. The maximum Gasteiger partial charge on any atom is 0.335 e. The second kappa shape index (κ2) is 10.2. The first kappa shape index (κ1) is 22.9. The number of hydrogen-bond donors (Lipinski definition) is 2. The maximum atomic E-state index is 14.1. The standard InChI is InChI=1S/C29H28N2O4/c32-28(31(24-11-12-24)23-6-2-1-3-7-23)27(20-15-17-30-18-16-20)22-5-4-8-26(19-22)35-25-13-9-21(10-14-25)29(33)34/h1-10,13-14,19,24,30H,11-12,15-18H2,(H,33,34). The number of hydrogen-bond acceptors (Lipinski definition) is 4. The molecule has 5 rings (SSSR count). The minimum atomic E-state index is -0.978. The maximum absolute atomic E-state index is 14.1. The van der Waals surface area contributed by atoms with Gasteiger partial charge in [0.2, 0.25) is 0 Å². The van der Waals surface area contributed by atoms with E-state index in [1.54, 1.807) is 12.1 Å². The molecule has 1 saturated heterocycles. The van der Waals surface area contributed by atoms with E-state index < -0.39 is 5.97 Å². The molecule has 35 heavy (non-hydrogen) atoms. The third kappa shape index (κ3) is 5.28. The third-order valence-electron chi connectivity index (χ3n) is 6.40. The van der Waals surface area contributed by atoms with Crippen LogP contribution in [0.25, 0.3) is 5.57 Å². The molecule has 0 unspecified atom stereocenters. The summed E-state index contributed by atoms with van der Waals surface area (Å²) in [5.74, 6) is 0.203. The van der Waals surface area contributed by atoms with Gasteiger partial charge in [-0.05, 0) is 92.9 Å². The zero-order chi connectivity index (χ0) is 24.2. The van der Waals surface area contributed by atoms with Gasteiger partial charge in [-0.3, -0.25) is 4.79 Å². The van der Waals surface area contributed by atoms with E-state index in [1.807, 2.05) is 59.5 Å². The number of benzene rings is 3. The molecule has 0 spiro atoms. The van der Waals surface area contributed by atoms with Crippen LogP contribution in [0.4, 0.5) is 5.69 Å². The summed E-state index contributed by atoms with van der Waals surface area (Å²) in [7, 11) is 0.